The Labute approximate surface area is 215 Å². The smallest absolute Gasteiger partial charge is 0.338 e. The Balaban J connectivity index is 1.93. The lowest BCUT2D eigenvalue weighted by Crippen LogP contribution is -2.38. The normalized spacial score (nSPS) is 11.0. The van der Waals surface area contributed by atoms with Crippen LogP contribution in [0.25, 0.3) is 0 Å². The molecule has 190 valence electrons. The van der Waals surface area contributed by atoms with Crippen LogP contribution in [0.1, 0.15) is 29.8 Å². The van der Waals surface area contributed by atoms with E-state index in [2.05, 4.69) is 5.32 Å². The molecule has 3 aromatic carbocycles. The molecule has 10 heteroatoms. The standard InChI is InChI=1S/C26H27ClN2O6S/c1-4-34-21-13-11-20(12-14-21)29(36(32,33)22-15-9-19(27)10-16-22)17-25(30)28-24-8-6-7-23(18(24)3)26(31)35-5-2/h6-16H,4-5,17H2,1-3H3,(H,28,30). The highest BCUT2D eigenvalue weighted by Crippen LogP contribution is 2.27. The van der Waals surface area contributed by atoms with E-state index in [1.54, 1.807) is 56.3 Å². The second-order valence-electron chi connectivity index (χ2n) is 7.64. The van der Waals surface area contributed by atoms with Crippen molar-refractivity contribution >= 4 is 44.9 Å². The number of benzene rings is 3. The summed E-state index contributed by atoms with van der Waals surface area (Å²) in [5.41, 5.74) is 1.48. The molecule has 0 spiro atoms. The number of halogens is 1. The van der Waals surface area contributed by atoms with Gasteiger partial charge in [-0.15, -0.1) is 0 Å². The number of carbonyl (C=O) groups excluding carboxylic acids is 2. The minimum Gasteiger partial charge on any atom is -0.494 e. The van der Waals surface area contributed by atoms with Gasteiger partial charge in [-0.05, 0) is 87.0 Å². The van der Waals surface area contributed by atoms with Gasteiger partial charge in [0.15, 0.2) is 0 Å². The first-order valence-corrected chi connectivity index (χ1v) is 13.1. The van der Waals surface area contributed by atoms with Crippen LogP contribution >= 0.6 is 11.6 Å². The van der Waals surface area contributed by atoms with Crippen LogP contribution in [-0.4, -0.2) is 40.1 Å². The Morgan fingerprint density at radius 2 is 1.61 bits per heavy atom. The average Bonchev–Trinajstić information content (AvgIpc) is 2.85. The quantitative estimate of drug-likeness (QED) is 0.368. The number of hydrogen-bond donors (Lipinski definition) is 1. The Morgan fingerprint density at radius 3 is 2.22 bits per heavy atom. The lowest BCUT2D eigenvalue weighted by atomic mass is 10.1. The van der Waals surface area contributed by atoms with Gasteiger partial charge in [-0.25, -0.2) is 13.2 Å². The van der Waals surface area contributed by atoms with Crippen molar-refractivity contribution in [2.24, 2.45) is 0 Å². The molecule has 0 aromatic heterocycles. The first kappa shape index (κ1) is 27.0. The Morgan fingerprint density at radius 1 is 0.944 bits per heavy atom. The van der Waals surface area contributed by atoms with Gasteiger partial charge in [0.25, 0.3) is 10.0 Å². The summed E-state index contributed by atoms with van der Waals surface area (Å²) in [5, 5.41) is 3.10. The Kier molecular flexibility index (Phi) is 8.95. The maximum absolute atomic E-state index is 13.5. The molecule has 3 rings (SSSR count). The predicted molar refractivity (Wildman–Crippen MR) is 139 cm³/mol. The predicted octanol–water partition coefficient (Wildman–Crippen LogP) is 5.06. The molecular formula is C26H27ClN2O6S. The first-order chi connectivity index (χ1) is 17.2. The number of rotatable bonds is 10. The van der Waals surface area contributed by atoms with Crippen LogP contribution < -0.4 is 14.4 Å². The maximum atomic E-state index is 13.5. The van der Waals surface area contributed by atoms with Crippen molar-refractivity contribution in [2.45, 2.75) is 25.7 Å². The van der Waals surface area contributed by atoms with Crippen LogP contribution in [0.2, 0.25) is 5.02 Å². The number of esters is 1. The van der Waals surface area contributed by atoms with Crippen LogP contribution in [0.4, 0.5) is 11.4 Å². The highest BCUT2D eigenvalue weighted by molar-refractivity contribution is 7.92. The third-order valence-corrected chi connectivity index (χ3v) is 7.27. The van der Waals surface area contributed by atoms with Crippen molar-refractivity contribution < 1.29 is 27.5 Å². The molecule has 3 aromatic rings. The fraction of sp³-hybridized carbons (Fsp3) is 0.231. The third-order valence-electron chi connectivity index (χ3n) is 5.23. The van der Waals surface area contributed by atoms with Crippen molar-refractivity contribution in [3.63, 3.8) is 0 Å². The number of amides is 1. The third kappa shape index (κ3) is 6.35. The van der Waals surface area contributed by atoms with Gasteiger partial charge in [-0.2, -0.15) is 0 Å². The monoisotopic (exact) mass is 530 g/mol. The molecule has 36 heavy (non-hydrogen) atoms. The summed E-state index contributed by atoms with van der Waals surface area (Å²) < 4.78 is 38.6. The fourth-order valence-electron chi connectivity index (χ4n) is 3.45. The highest BCUT2D eigenvalue weighted by atomic mass is 35.5. The van der Waals surface area contributed by atoms with E-state index in [1.807, 2.05) is 6.92 Å². The highest BCUT2D eigenvalue weighted by Gasteiger charge is 2.28. The summed E-state index contributed by atoms with van der Waals surface area (Å²) in [7, 11) is -4.12. The number of nitrogens with zero attached hydrogens (tertiary/aromatic N) is 1. The summed E-state index contributed by atoms with van der Waals surface area (Å²) in [6, 6.07) is 16.9. The number of anilines is 2. The zero-order chi connectivity index (χ0) is 26.3. The molecule has 0 bridgehead atoms. The van der Waals surface area contributed by atoms with Gasteiger partial charge in [0.05, 0.1) is 29.4 Å². The first-order valence-electron chi connectivity index (χ1n) is 11.2. The maximum Gasteiger partial charge on any atom is 0.338 e. The van der Waals surface area contributed by atoms with Crippen molar-refractivity contribution in [1.29, 1.82) is 0 Å². The van der Waals surface area contributed by atoms with Crippen LogP contribution in [0.3, 0.4) is 0 Å². The number of nitrogens with one attached hydrogen (secondary N) is 1. The van der Waals surface area contributed by atoms with E-state index >= 15 is 0 Å². The fourth-order valence-corrected chi connectivity index (χ4v) is 4.99. The van der Waals surface area contributed by atoms with Crippen LogP contribution in [0, 0.1) is 6.92 Å². The minimum absolute atomic E-state index is 0.0194. The second kappa shape index (κ2) is 11.9. The largest absolute Gasteiger partial charge is 0.494 e. The number of carbonyl (C=O) groups is 2. The molecule has 1 N–H and O–H groups in total. The van der Waals surface area contributed by atoms with E-state index in [-0.39, 0.29) is 17.2 Å². The van der Waals surface area contributed by atoms with Crippen LogP contribution in [-0.2, 0) is 19.6 Å². The summed E-state index contributed by atoms with van der Waals surface area (Å²) in [6.45, 7) is 5.38. The molecule has 0 aliphatic rings. The molecule has 0 saturated carbocycles. The summed E-state index contributed by atoms with van der Waals surface area (Å²) in [4.78, 5) is 25.3. The molecule has 0 fully saturated rings. The number of sulfonamides is 1. The molecule has 1 amide bonds. The van der Waals surface area contributed by atoms with Gasteiger partial charge in [0.1, 0.15) is 12.3 Å². The van der Waals surface area contributed by atoms with E-state index in [9.17, 15) is 18.0 Å². The second-order valence-corrected chi connectivity index (χ2v) is 9.94. The van der Waals surface area contributed by atoms with Crippen molar-refractivity contribution in [3.8, 4) is 5.75 Å². The lowest BCUT2D eigenvalue weighted by molar-refractivity contribution is -0.114. The molecular weight excluding hydrogens is 504 g/mol. The molecule has 0 saturated heterocycles. The summed E-state index contributed by atoms with van der Waals surface area (Å²) in [5.74, 6) is -0.529. The molecule has 0 unspecified atom stereocenters. The van der Waals surface area contributed by atoms with Gasteiger partial charge in [0, 0.05) is 10.7 Å². The van der Waals surface area contributed by atoms with Gasteiger partial charge in [0.2, 0.25) is 5.91 Å². The zero-order valence-corrected chi connectivity index (χ0v) is 21.7. The van der Waals surface area contributed by atoms with E-state index in [4.69, 9.17) is 21.1 Å². The van der Waals surface area contributed by atoms with Gasteiger partial charge in [-0.3, -0.25) is 9.10 Å². The molecule has 0 heterocycles. The molecule has 0 aliphatic carbocycles. The molecule has 0 atom stereocenters. The van der Waals surface area contributed by atoms with Gasteiger partial charge < -0.3 is 14.8 Å². The van der Waals surface area contributed by atoms with Crippen molar-refractivity contribution in [1.82, 2.24) is 0 Å². The van der Waals surface area contributed by atoms with E-state index in [0.29, 0.717) is 34.2 Å². The van der Waals surface area contributed by atoms with Crippen molar-refractivity contribution in [2.75, 3.05) is 29.4 Å². The summed E-state index contributed by atoms with van der Waals surface area (Å²) >= 11 is 5.93. The Bertz CT molecular complexity index is 1330. The van der Waals surface area contributed by atoms with Crippen LogP contribution in [0.15, 0.2) is 71.6 Å². The SMILES string of the molecule is CCOC(=O)c1cccc(NC(=O)CN(c2ccc(OCC)cc2)S(=O)(=O)c2ccc(Cl)cc2)c1C. The van der Waals surface area contributed by atoms with E-state index in [1.165, 1.54) is 24.3 Å². The lowest BCUT2D eigenvalue weighted by Gasteiger charge is -2.24. The molecule has 8 nitrogen and oxygen atoms in total. The Hall–Kier alpha value is -3.56. The topological polar surface area (TPSA) is 102 Å². The van der Waals surface area contributed by atoms with Crippen LogP contribution in [0.5, 0.6) is 5.75 Å². The van der Waals surface area contributed by atoms with Crippen molar-refractivity contribution in [3.05, 3.63) is 82.9 Å². The van der Waals surface area contributed by atoms with E-state index in [0.717, 1.165) is 4.31 Å². The van der Waals surface area contributed by atoms with E-state index < -0.39 is 28.4 Å². The zero-order valence-electron chi connectivity index (χ0n) is 20.2. The molecule has 0 aliphatic heterocycles. The molecule has 0 radical (unpaired) electrons. The number of ether oxygens (including phenoxy) is 2. The van der Waals surface area contributed by atoms with Gasteiger partial charge in [-0.1, -0.05) is 17.7 Å². The summed E-state index contributed by atoms with van der Waals surface area (Å²) in [6.07, 6.45) is 0. The average molecular weight is 531 g/mol. The number of hydrogen-bond acceptors (Lipinski definition) is 6. The van der Waals surface area contributed by atoms with Gasteiger partial charge >= 0.3 is 5.97 Å². The minimum atomic E-state index is -4.12.